The zero-order valence-corrected chi connectivity index (χ0v) is 10.4. The van der Waals surface area contributed by atoms with Gasteiger partial charge in [-0.3, -0.25) is 9.59 Å². The fourth-order valence-corrected chi connectivity index (χ4v) is 1.40. The highest BCUT2D eigenvalue weighted by Gasteiger charge is 2.20. The molecule has 1 aromatic rings. The summed E-state index contributed by atoms with van der Waals surface area (Å²) in [6.07, 6.45) is -0.462. The molecule has 0 radical (unpaired) electrons. The Morgan fingerprint density at radius 3 is 2.33 bits per heavy atom. The van der Waals surface area contributed by atoms with E-state index < -0.39 is 24.1 Å². The maximum Gasteiger partial charge on any atom is 0.374 e. The van der Waals surface area contributed by atoms with Crippen LogP contribution in [0.15, 0.2) is 30.3 Å². The molecule has 96 valence electrons. The maximum atomic E-state index is 11.7. The molecule has 0 aliphatic rings. The summed E-state index contributed by atoms with van der Waals surface area (Å²) >= 11 is 0. The normalized spacial score (nSPS) is 9.67. The Morgan fingerprint density at radius 1 is 1.17 bits per heavy atom. The first-order chi connectivity index (χ1) is 8.54. The molecular weight excluding hydrogens is 234 g/mol. The largest absolute Gasteiger partial charge is 0.463 e. The predicted octanol–water partition coefficient (Wildman–Crippen LogP) is 0.777. The van der Waals surface area contributed by atoms with Gasteiger partial charge in [0.05, 0.1) is 13.5 Å². The van der Waals surface area contributed by atoms with Gasteiger partial charge >= 0.3 is 5.97 Å². The van der Waals surface area contributed by atoms with Gasteiger partial charge in [-0.2, -0.15) is 0 Å². The SMILES string of the molecule is COC(=O)C(=O)CC(=O)N(C)Cc1ccccc1. The van der Waals surface area contributed by atoms with Crippen LogP contribution < -0.4 is 0 Å². The number of nitrogens with zero attached hydrogens (tertiary/aromatic N) is 1. The smallest absolute Gasteiger partial charge is 0.374 e. The summed E-state index contributed by atoms with van der Waals surface area (Å²) in [5.41, 5.74) is 0.957. The van der Waals surface area contributed by atoms with Gasteiger partial charge in [0.2, 0.25) is 11.7 Å². The molecule has 18 heavy (non-hydrogen) atoms. The highest BCUT2D eigenvalue weighted by atomic mass is 16.5. The first kappa shape index (κ1) is 13.9. The van der Waals surface area contributed by atoms with E-state index in [-0.39, 0.29) is 0 Å². The van der Waals surface area contributed by atoms with E-state index in [1.54, 1.807) is 7.05 Å². The summed E-state index contributed by atoms with van der Waals surface area (Å²) in [6, 6.07) is 9.38. The van der Waals surface area contributed by atoms with Gasteiger partial charge in [-0.05, 0) is 5.56 Å². The Balaban J connectivity index is 2.52. The van der Waals surface area contributed by atoms with Crippen LogP contribution in [-0.4, -0.2) is 36.7 Å². The molecule has 0 unspecified atom stereocenters. The molecule has 1 rings (SSSR count). The lowest BCUT2D eigenvalue weighted by Gasteiger charge is -2.16. The molecule has 0 N–H and O–H groups in total. The van der Waals surface area contributed by atoms with Crippen LogP contribution in [-0.2, 0) is 25.7 Å². The second kappa shape index (κ2) is 6.54. The van der Waals surface area contributed by atoms with E-state index in [0.29, 0.717) is 6.54 Å². The highest BCUT2D eigenvalue weighted by Crippen LogP contribution is 2.04. The number of methoxy groups -OCH3 is 1. The number of carbonyl (C=O) groups excluding carboxylic acids is 3. The van der Waals surface area contributed by atoms with Gasteiger partial charge in [-0.1, -0.05) is 30.3 Å². The summed E-state index contributed by atoms with van der Waals surface area (Å²) in [6.45, 7) is 0.397. The van der Waals surface area contributed by atoms with Gasteiger partial charge in [0.1, 0.15) is 0 Å². The third kappa shape index (κ3) is 4.01. The molecule has 1 amide bonds. The number of hydrogen-bond acceptors (Lipinski definition) is 4. The van der Waals surface area contributed by atoms with E-state index in [2.05, 4.69) is 4.74 Å². The molecule has 0 atom stereocenters. The van der Waals surface area contributed by atoms with Gasteiger partial charge in [-0.15, -0.1) is 0 Å². The van der Waals surface area contributed by atoms with Crippen LogP contribution in [0.5, 0.6) is 0 Å². The second-order valence-corrected chi connectivity index (χ2v) is 3.83. The van der Waals surface area contributed by atoms with Crippen molar-refractivity contribution in [2.24, 2.45) is 0 Å². The number of esters is 1. The lowest BCUT2D eigenvalue weighted by atomic mass is 10.2. The van der Waals surface area contributed by atoms with Crippen LogP contribution in [0.4, 0.5) is 0 Å². The average molecular weight is 249 g/mol. The molecule has 0 fully saturated rings. The zero-order valence-electron chi connectivity index (χ0n) is 10.4. The van der Waals surface area contributed by atoms with Crippen molar-refractivity contribution < 1.29 is 19.1 Å². The van der Waals surface area contributed by atoms with Crippen LogP contribution in [0.3, 0.4) is 0 Å². The van der Waals surface area contributed by atoms with E-state index in [1.165, 1.54) is 4.90 Å². The fourth-order valence-electron chi connectivity index (χ4n) is 1.40. The van der Waals surface area contributed by atoms with Crippen molar-refractivity contribution in [3.05, 3.63) is 35.9 Å². The van der Waals surface area contributed by atoms with Crippen molar-refractivity contribution >= 4 is 17.7 Å². The minimum atomic E-state index is -0.989. The lowest BCUT2D eigenvalue weighted by Crippen LogP contribution is -2.30. The van der Waals surface area contributed by atoms with Gasteiger partial charge < -0.3 is 9.64 Å². The van der Waals surface area contributed by atoms with Gasteiger partial charge in [0, 0.05) is 13.6 Å². The van der Waals surface area contributed by atoms with E-state index in [1.807, 2.05) is 30.3 Å². The summed E-state index contributed by atoms with van der Waals surface area (Å²) in [7, 11) is 2.69. The fraction of sp³-hybridized carbons (Fsp3) is 0.308. The molecule has 0 spiro atoms. The van der Waals surface area contributed by atoms with Crippen molar-refractivity contribution in [1.29, 1.82) is 0 Å². The van der Waals surface area contributed by atoms with Crippen molar-refractivity contribution in [1.82, 2.24) is 4.90 Å². The lowest BCUT2D eigenvalue weighted by molar-refractivity contribution is -0.153. The van der Waals surface area contributed by atoms with Crippen molar-refractivity contribution in [2.45, 2.75) is 13.0 Å². The van der Waals surface area contributed by atoms with Crippen LogP contribution in [0.2, 0.25) is 0 Å². The number of benzene rings is 1. The van der Waals surface area contributed by atoms with Crippen molar-refractivity contribution in [3.8, 4) is 0 Å². The summed E-state index contributed by atoms with van der Waals surface area (Å²) in [5, 5.41) is 0. The quantitative estimate of drug-likeness (QED) is 0.439. The number of rotatable bonds is 5. The molecule has 1 aromatic carbocycles. The topological polar surface area (TPSA) is 63.7 Å². The number of ether oxygens (including phenoxy) is 1. The minimum Gasteiger partial charge on any atom is -0.463 e. The molecule has 0 saturated carbocycles. The number of ketones is 1. The predicted molar refractivity (Wildman–Crippen MR) is 64.6 cm³/mol. The summed E-state index contributed by atoms with van der Waals surface area (Å²) < 4.78 is 4.25. The molecule has 0 saturated heterocycles. The Kier molecular flexibility index (Phi) is 5.05. The molecule has 0 heterocycles. The molecular formula is C13H15NO4. The van der Waals surface area contributed by atoms with Crippen molar-refractivity contribution in [2.75, 3.05) is 14.2 Å². The maximum absolute atomic E-state index is 11.7. The molecule has 5 nitrogen and oxygen atoms in total. The highest BCUT2D eigenvalue weighted by molar-refractivity contribution is 6.36. The summed E-state index contributed by atoms with van der Waals surface area (Å²) in [5.74, 6) is -2.23. The first-order valence-electron chi connectivity index (χ1n) is 5.43. The van der Waals surface area contributed by atoms with Crippen LogP contribution in [0, 0.1) is 0 Å². The molecule has 0 aliphatic carbocycles. The number of Topliss-reactive ketones (excluding diaryl/α,β-unsaturated/α-hetero) is 1. The van der Waals surface area contributed by atoms with Crippen LogP contribution in [0.25, 0.3) is 0 Å². The third-order valence-electron chi connectivity index (χ3n) is 2.41. The van der Waals surface area contributed by atoms with E-state index >= 15 is 0 Å². The first-order valence-corrected chi connectivity index (χ1v) is 5.43. The molecule has 0 aliphatic heterocycles. The van der Waals surface area contributed by atoms with E-state index in [9.17, 15) is 14.4 Å². The second-order valence-electron chi connectivity index (χ2n) is 3.83. The van der Waals surface area contributed by atoms with Crippen LogP contribution >= 0.6 is 0 Å². The molecule has 0 bridgehead atoms. The number of carbonyl (C=O) groups is 3. The van der Waals surface area contributed by atoms with E-state index in [4.69, 9.17) is 0 Å². The van der Waals surface area contributed by atoms with Gasteiger partial charge in [0.15, 0.2) is 0 Å². The third-order valence-corrected chi connectivity index (χ3v) is 2.41. The standard InChI is InChI=1S/C13H15NO4/c1-14(9-10-6-4-3-5-7-10)12(16)8-11(15)13(17)18-2/h3-7H,8-9H2,1-2H3. The van der Waals surface area contributed by atoms with Crippen LogP contribution in [0.1, 0.15) is 12.0 Å². The monoisotopic (exact) mass is 249 g/mol. The zero-order chi connectivity index (χ0) is 13.5. The molecule has 5 heteroatoms. The van der Waals surface area contributed by atoms with Gasteiger partial charge in [0.25, 0.3) is 0 Å². The average Bonchev–Trinajstić information content (AvgIpc) is 2.38. The molecule has 0 aromatic heterocycles. The number of amides is 1. The Bertz CT molecular complexity index is 442. The number of hydrogen-bond donors (Lipinski definition) is 0. The van der Waals surface area contributed by atoms with E-state index in [0.717, 1.165) is 12.7 Å². The Labute approximate surface area is 105 Å². The van der Waals surface area contributed by atoms with Crippen molar-refractivity contribution in [3.63, 3.8) is 0 Å². The Morgan fingerprint density at radius 2 is 1.78 bits per heavy atom. The minimum absolute atomic E-state index is 0.397. The summed E-state index contributed by atoms with van der Waals surface area (Å²) in [4.78, 5) is 35.2. The Hall–Kier alpha value is -2.17. The van der Waals surface area contributed by atoms with Gasteiger partial charge in [-0.25, -0.2) is 4.79 Å².